The quantitative estimate of drug-likeness (QED) is 0.808. The molecule has 6 nitrogen and oxygen atoms in total. The van der Waals surface area contributed by atoms with Crippen molar-refractivity contribution < 1.29 is 13.2 Å². The molecule has 1 aromatic heterocycles. The number of ether oxygens (including phenoxy) is 1. The molecule has 1 N–H and O–H groups in total. The van der Waals surface area contributed by atoms with E-state index in [0.717, 1.165) is 0 Å². The molecule has 2 heterocycles. The average molecular weight is 245 g/mol. The Balaban J connectivity index is 2.29. The van der Waals surface area contributed by atoms with E-state index in [-0.39, 0.29) is 17.0 Å². The summed E-state index contributed by atoms with van der Waals surface area (Å²) in [6.45, 7) is 4.51. The minimum atomic E-state index is -3.44. The van der Waals surface area contributed by atoms with E-state index in [1.54, 1.807) is 0 Å². The van der Waals surface area contributed by atoms with Crippen molar-refractivity contribution in [2.24, 2.45) is 0 Å². The molecule has 2 rings (SSSR count). The molecule has 0 saturated carbocycles. The lowest BCUT2D eigenvalue weighted by Crippen LogP contribution is -2.49. The molecule has 0 bridgehead atoms. The largest absolute Gasteiger partial charge is 0.375 e. The summed E-state index contributed by atoms with van der Waals surface area (Å²) in [6.07, 6.45) is 2.64. The summed E-state index contributed by atoms with van der Waals surface area (Å²) in [5, 5.41) is 6.18. The van der Waals surface area contributed by atoms with Gasteiger partial charge in [-0.25, -0.2) is 8.42 Å². The number of aromatic nitrogens is 2. The highest BCUT2D eigenvalue weighted by Crippen LogP contribution is 2.21. The van der Waals surface area contributed by atoms with Gasteiger partial charge in [-0.3, -0.25) is 5.10 Å². The summed E-state index contributed by atoms with van der Waals surface area (Å²) >= 11 is 0. The van der Waals surface area contributed by atoms with E-state index < -0.39 is 10.0 Å². The Bertz CT molecular complexity index is 443. The van der Waals surface area contributed by atoms with E-state index in [4.69, 9.17) is 4.74 Å². The number of aromatic amines is 1. The van der Waals surface area contributed by atoms with Gasteiger partial charge in [0.05, 0.1) is 18.9 Å². The van der Waals surface area contributed by atoms with Crippen molar-refractivity contribution in [1.29, 1.82) is 0 Å². The first-order chi connectivity index (χ1) is 7.51. The second-order valence-corrected chi connectivity index (χ2v) is 5.89. The fourth-order valence-electron chi connectivity index (χ4n) is 1.72. The topological polar surface area (TPSA) is 75.3 Å². The van der Waals surface area contributed by atoms with E-state index in [1.165, 1.54) is 16.7 Å². The Labute approximate surface area is 94.6 Å². The molecule has 1 fully saturated rings. The van der Waals surface area contributed by atoms with Gasteiger partial charge in [0.2, 0.25) is 10.0 Å². The molecule has 1 aromatic rings. The zero-order valence-corrected chi connectivity index (χ0v) is 10.1. The van der Waals surface area contributed by atoms with Crippen LogP contribution in [0.25, 0.3) is 0 Å². The minimum absolute atomic E-state index is 0.0714. The first-order valence-electron chi connectivity index (χ1n) is 5.14. The van der Waals surface area contributed by atoms with Crippen molar-refractivity contribution in [3.8, 4) is 0 Å². The maximum Gasteiger partial charge on any atom is 0.246 e. The first kappa shape index (κ1) is 11.6. The van der Waals surface area contributed by atoms with Crippen molar-refractivity contribution in [2.75, 3.05) is 13.2 Å². The highest BCUT2D eigenvalue weighted by molar-refractivity contribution is 7.89. The third-order valence-electron chi connectivity index (χ3n) is 2.63. The van der Waals surface area contributed by atoms with Crippen LogP contribution in [0.1, 0.15) is 13.8 Å². The van der Waals surface area contributed by atoms with Crippen molar-refractivity contribution in [3.05, 3.63) is 12.4 Å². The van der Waals surface area contributed by atoms with Gasteiger partial charge in [-0.05, 0) is 13.8 Å². The first-order valence-corrected chi connectivity index (χ1v) is 6.58. The van der Waals surface area contributed by atoms with Gasteiger partial charge in [-0.15, -0.1) is 0 Å². The Hall–Kier alpha value is -0.920. The third kappa shape index (κ3) is 1.98. The van der Waals surface area contributed by atoms with Gasteiger partial charge in [-0.2, -0.15) is 9.40 Å². The molecule has 0 radical (unpaired) electrons. The van der Waals surface area contributed by atoms with Crippen molar-refractivity contribution in [2.45, 2.75) is 30.9 Å². The summed E-state index contributed by atoms with van der Waals surface area (Å²) in [7, 11) is -3.44. The summed E-state index contributed by atoms with van der Waals surface area (Å²) < 4.78 is 31.3. The monoisotopic (exact) mass is 245 g/mol. The molecule has 0 spiro atoms. The highest BCUT2D eigenvalue weighted by atomic mass is 32.2. The fourth-order valence-corrected chi connectivity index (χ4v) is 3.32. The van der Waals surface area contributed by atoms with Gasteiger partial charge in [0, 0.05) is 18.8 Å². The fraction of sp³-hybridized carbons (Fsp3) is 0.667. The summed E-state index contributed by atoms with van der Waals surface area (Å²) in [5.74, 6) is 0. The molecule has 2 atom stereocenters. The Kier molecular flexibility index (Phi) is 3.00. The molecule has 2 unspecified atom stereocenters. The zero-order chi connectivity index (χ0) is 11.8. The molecular formula is C9H15N3O3S. The number of hydrogen-bond acceptors (Lipinski definition) is 4. The molecule has 1 aliphatic heterocycles. The van der Waals surface area contributed by atoms with E-state index in [0.29, 0.717) is 13.2 Å². The molecule has 90 valence electrons. The lowest BCUT2D eigenvalue weighted by Gasteiger charge is -2.35. The van der Waals surface area contributed by atoms with Gasteiger partial charge in [0.1, 0.15) is 4.90 Å². The van der Waals surface area contributed by atoms with E-state index in [9.17, 15) is 8.42 Å². The van der Waals surface area contributed by atoms with Crippen LogP contribution in [0.2, 0.25) is 0 Å². The van der Waals surface area contributed by atoms with Crippen molar-refractivity contribution in [1.82, 2.24) is 14.5 Å². The molecular weight excluding hydrogens is 230 g/mol. The number of nitrogens with one attached hydrogen (secondary N) is 1. The van der Waals surface area contributed by atoms with Crippen LogP contribution in [0, 0.1) is 0 Å². The standard InChI is InChI=1S/C9H15N3O3S/c1-7-6-15-8(2)5-12(7)16(13,14)9-3-10-11-4-9/h3-4,7-8H,5-6H2,1-2H3,(H,10,11). The van der Waals surface area contributed by atoms with Gasteiger partial charge < -0.3 is 4.74 Å². The van der Waals surface area contributed by atoms with Crippen LogP contribution in [0.5, 0.6) is 0 Å². The van der Waals surface area contributed by atoms with Crippen LogP contribution < -0.4 is 0 Å². The normalized spacial score (nSPS) is 28.1. The maximum atomic E-state index is 12.2. The summed E-state index contributed by atoms with van der Waals surface area (Å²) in [5.41, 5.74) is 0. The predicted octanol–water partition coefficient (Wildman–Crippen LogP) is 0.208. The highest BCUT2D eigenvalue weighted by Gasteiger charge is 2.34. The van der Waals surface area contributed by atoms with Gasteiger partial charge in [0.15, 0.2) is 0 Å². The van der Waals surface area contributed by atoms with Crippen molar-refractivity contribution in [3.63, 3.8) is 0 Å². The van der Waals surface area contributed by atoms with Crippen LogP contribution in [0.4, 0.5) is 0 Å². The molecule has 7 heteroatoms. The van der Waals surface area contributed by atoms with Crippen LogP contribution in [0.3, 0.4) is 0 Å². The van der Waals surface area contributed by atoms with Gasteiger partial charge in [-0.1, -0.05) is 0 Å². The maximum absolute atomic E-state index is 12.2. The molecule has 0 aromatic carbocycles. The predicted molar refractivity (Wildman–Crippen MR) is 57.4 cm³/mol. The van der Waals surface area contributed by atoms with Crippen LogP contribution in [0.15, 0.2) is 17.3 Å². The lowest BCUT2D eigenvalue weighted by molar-refractivity contribution is -0.0170. The van der Waals surface area contributed by atoms with Gasteiger partial charge >= 0.3 is 0 Å². The average Bonchev–Trinajstić information content (AvgIpc) is 2.75. The second-order valence-electron chi connectivity index (χ2n) is 4.00. The number of sulfonamides is 1. The van der Waals surface area contributed by atoms with Crippen LogP contribution in [-0.2, 0) is 14.8 Å². The second kappa shape index (κ2) is 4.15. The molecule has 1 saturated heterocycles. The Morgan fingerprint density at radius 1 is 1.56 bits per heavy atom. The SMILES string of the molecule is CC1CN(S(=O)(=O)c2cn[nH]c2)C(C)CO1. The number of morpholine rings is 1. The Morgan fingerprint density at radius 3 is 2.94 bits per heavy atom. The molecule has 0 aliphatic carbocycles. The number of hydrogen-bond donors (Lipinski definition) is 1. The lowest BCUT2D eigenvalue weighted by atomic mass is 10.2. The van der Waals surface area contributed by atoms with Gasteiger partial charge in [0.25, 0.3) is 0 Å². The van der Waals surface area contributed by atoms with Crippen molar-refractivity contribution >= 4 is 10.0 Å². The molecule has 16 heavy (non-hydrogen) atoms. The minimum Gasteiger partial charge on any atom is -0.375 e. The molecule has 0 amide bonds. The van der Waals surface area contributed by atoms with E-state index in [1.807, 2.05) is 13.8 Å². The number of H-pyrrole nitrogens is 1. The zero-order valence-electron chi connectivity index (χ0n) is 9.25. The molecule has 1 aliphatic rings. The number of nitrogens with zero attached hydrogens (tertiary/aromatic N) is 2. The Morgan fingerprint density at radius 2 is 2.31 bits per heavy atom. The third-order valence-corrected chi connectivity index (χ3v) is 4.58. The van der Waals surface area contributed by atoms with E-state index in [2.05, 4.69) is 10.2 Å². The van der Waals surface area contributed by atoms with Crippen LogP contribution >= 0.6 is 0 Å². The number of rotatable bonds is 2. The summed E-state index contributed by atoms with van der Waals surface area (Å²) in [4.78, 5) is 0.202. The smallest absolute Gasteiger partial charge is 0.246 e. The van der Waals surface area contributed by atoms with E-state index >= 15 is 0 Å². The van der Waals surface area contributed by atoms with Crippen LogP contribution in [-0.4, -0.2) is 48.2 Å². The summed E-state index contributed by atoms with van der Waals surface area (Å²) in [6, 6.07) is -0.143.